The highest BCUT2D eigenvalue weighted by Gasteiger charge is 2.40. The third-order valence-electron chi connectivity index (χ3n) is 6.56. The Bertz CT molecular complexity index is 1520. The van der Waals surface area contributed by atoms with E-state index in [1.54, 1.807) is 44.2 Å². The summed E-state index contributed by atoms with van der Waals surface area (Å²) in [4.78, 5) is 89.6. The van der Waals surface area contributed by atoms with Crippen molar-refractivity contribution in [3.63, 3.8) is 0 Å². The van der Waals surface area contributed by atoms with Gasteiger partial charge in [-0.1, -0.05) is 44.2 Å². The zero-order valence-corrected chi connectivity index (χ0v) is 24.9. The molecule has 2 aromatic rings. The summed E-state index contributed by atoms with van der Waals surface area (Å²) in [6.07, 6.45) is 1.27. The molecule has 0 bridgehead atoms. The Morgan fingerprint density at radius 2 is 1.52 bits per heavy atom. The second-order valence-corrected chi connectivity index (χ2v) is 10.4. The van der Waals surface area contributed by atoms with Gasteiger partial charge in [-0.05, 0) is 29.7 Å². The van der Waals surface area contributed by atoms with Crippen LogP contribution in [0.2, 0.25) is 0 Å². The number of nitrogens with zero attached hydrogens (tertiary/aromatic N) is 2. The van der Waals surface area contributed by atoms with Crippen molar-refractivity contribution >= 4 is 47.1 Å². The topological polar surface area (TPSA) is 177 Å². The normalized spacial score (nSPS) is 15.3. The Hall–Kier alpha value is -5.33. The number of carbonyl (C=O) groups is 7. The summed E-state index contributed by atoms with van der Waals surface area (Å²) >= 11 is 0. The van der Waals surface area contributed by atoms with Crippen molar-refractivity contribution in [3.05, 3.63) is 65.9 Å². The van der Waals surface area contributed by atoms with Crippen LogP contribution in [0.4, 0.5) is 0 Å². The van der Waals surface area contributed by atoms with Gasteiger partial charge >= 0.3 is 17.9 Å². The predicted octanol–water partition coefficient (Wildman–Crippen LogP) is 1.93. The van der Waals surface area contributed by atoms with E-state index in [0.717, 1.165) is 18.7 Å². The zero-order chi connectivity index (χ0) is 32.7. The molecular weight excluding hydrogens is 574 g/mol. The summed E-state index contributed by atoms with van der Waals surface area (Å²) in [6, 6.07) is 10.2. The van der Waals surface area contributed by atoms with E-state index in [-0.39, 0.29) is 35.1 Å². The van der Waals surface area contributed by atoms with Crippen LogP contribution in [0, 0.1) is 5.92 Å². The molecule has 2 aromatic carbocycles. The number of aliphatic carboxylic acids is 1. The number of benzene rings is 2. The fraction of sp³-hybridized carbons (Fsp3) is 0.323. The molecule has 1 aliphatic rings. The molecular formula is C31H33N3O10. The average Bonchev–Trinajstić information content (AvgIpc) is 2.93. The van der Waals surface area contributed by atoms with Crippen LogP contribution in [-0.2, 0) is 40.0 Å². The van der Waals surface area contributed by atoms with Crippen LogP contribution in [0.1, 0.15) is 45.7 Å². The van der Waals surface area contributed by atoms with Crippen LogP contribution in [0.15, 0.2) is 54.7 Å². The SMILES string of the molecule is CC(=O)Oc1ccc(C2=CN(C(C)=O)[C@@H](C(C)C)C(=O)N2CC(=O)N[C@@H](Cc2ccccc2)C(=O)C(=O)O)cc1OC(C)=O. The summed E-state index contributed by atoms with van der Waals surface area (Å²) in [5.41, 5.74) is 0.878. The summed E-state index contributed by atoms with van der Waals surface area (Å²) in [5, 5.41) is 11.8. The molecule has 0 fully saturated rings. The number of hydrogen-bond acceptors (Lipinski definition) is 9. The Morgan fingerprint density at radius 3 is 2.07 bits per heavy atom. The molecule has 13 nitrogen and oxygen atoms in total. The molecule has 0 unspecified atom stereocenters. The number of hydrogen-bond donors (Lipinski definition) is 2. The standard InChI is InChI=1S/C31H33N3O10/c1-17(2)28-30(40)34(16-27(38)32-23(29(39)31(41)42)13-21-9-7-6-8-10-21)24(15-33(28)18(3)35)22-11-12-25(43-19(4)36)26(14-22)44-20(5)37/h6-12,14-15,17,23,28H,13,16H2,1-5H3,(H,32,38)(H,41,42)/t23-,28-/m0/s1. The van der Waals surface area contributed by atoms with Gasteiger partial charge in [0.15, 0.2) is 11.5 Å². The number of rotatable bonds is 11. The number of ether oxygens (including phenoxy) is 2. The first-order chi connectivity index (χ1) is 20.7. The van der Waals surface area contributed by atoms with E-state index in [2.05, 4.69) is 5.32 Å². The number of Topliss-reactive ketones (excluding diaryl/α,β-unsaturated/α-hetero) is 1. The van der Waals surface area contributed by atoms with E-state index in [4.69, 9.17) is 9.47 Å². The Kier molecular flexibility index (Phi) is 10.7. The van der Waals surface area contributed by atoms with Gasteiger partial charge in [-0.2, -0.15) is 0 Å². The highest BCUT2D eigenvalue weighted by molar-refractivity contribution is 6.35. The van der Waals surface area contributed by atoms with Gasteiger partial charge < -0.3 is 24.8 Å². The van der Waals surface area contributed by atoms with Crippen molar-refractivity contribution in [3.8, 4) is 11.5 Å². The smallest absolute Gasteiger partial charge is 0.374 e. The highest BCUT2D eigenvalue weighted by Crippen LogP contribution is 2.35. The lowest BCUT2D eigenvalue weighted by Gasteiger charge is -2.40. The van der Waals surface area contributed by atoms with Crippen molar-refractivity contribution < 1.29 is 48.1 Å². The van der Waals surface area contributed by atoms with E-state index in [1.165, 1.54) is 36.2 Å². The molecule has 2 N–H and O–H groups in total. The minimum absolute atomic E-state index is 0.0594. The van der Waals surface area contributed by atoms with E-state index >= 15 is 0 Å². The number of nitrogens with one attached hydrogen (secondary N) is 1. The first-order valence-corrected chi connectivity index (χ1v) is 13.6. The first-order valence-electron chi connectivity index (χ1n) is 13.6. The van der Waals surface area contributed by atoms with Gasteiger partial charge in [-0.15, -0.1) is 0 Å². The van der Waals surface area contributed by atoms with Crippen LogP contribution in [0.5, 0.6) is 11.5 Å². The highest BCUT2D eigenvalue weighted by atomic mass is 16.6. The maximum absolute atomic E-state index is 13.9. The summed E-state index contributed by atoms with van der Waals surface area (Å²) in [5.74, 6) is -6.90. The van der Waals surface area contributed by atoms with Crippen LogP contribution in [0.3, 0.4) is 0 Å². The van der Waals surface area contributed by atoms with Crippen LogP contribution in [0.25, 0.3) is 5.70 Å². The number of carboxylic acids is 1. The molecule has 0 aliphatic carbocycles. The fourth-order valence-corrected chi connectivity index (χ4v) is 4.70. The molecule has 1 heterocycles. The van der Waals surface area contributed by atoms with Crippen molar-refractivity contribution in [1.29, 1.82) is 0 Å². The molecule has 3 amide bonds. The van der Waals surface area contributed by atoms with Crippen molar-refractivity contribution in [2.45, 2.75) is 53.1 Å². The van der Waals surface area contributed by atoms with Gasteiger partial charge in [-0.25, -0.2) is 4.79 Å². The quantitative estimate of drug-likeness (QED) is 0.218. The molecule has 13 heteroatoms. The number of carbonyl (C=O) groups excluding carboxylic acids is 6. The molecule has 232 valence electrons. The van der Waals surface area contributed by atoms with Gasteiger partial charge in [0.05, 0.1) is 5.70 Å². The molecule has 0 saturated heterocycles. The van der Waals surface area contributed by atoms with Gasteiger partial charge in [0.2, 0.25) is 11.8 Å². The van der Waals surface area contributed by atoms with Gasteiger partial charge in [0.1, 0.15) is 18.6 Å². The number of ketones is 1. The molecule has 0 spiro atoms. The lowest BCUT2D eigenvalue weighted by molar-refractivity contribution is -0.150. The third kappa shape index (κ3) is 8.15. The average molecular weight is 608 g/mol. The fourth-order valence-electron chi connectivity index (χ4n) is 4.70. The molecule has 0 aromatic heterocycles. The van der Waals surface area contributed by atoms with E-state index in [1.807, 2.05) is 0 Å². The maximum Gasteiger partial charge on any atom is 0.374 e. The molecule has 2 atom stereocenters. The minimum atomic E-state index is -1.73. The maximum atomic E-state index is 13.9. The molecule has 3 rings (SSSR count). The summed E-state index contributed by atoms with van der Waals surface area (Å²) < 4.78 is 10.3. The number of amides is 3. The van der Waals surface area contributed by atoms with Crippen LogP contribution in [-0.4, -0.2) is 74.9 Å². The van der Waals surface area contributed by atoms with Gasteiger partial charge in [0, 0.05) is 39.0 Å². The number of carboxylic acid groups (broad SMARTS) is 1. The Balaban J connectivity index is 2.06. The van der Waals surface area contributed by atoms with E-state index in [0.29, 0.717) is 5.56 Å². The molecule has 0 saturated carbocycles. The monoisotopic (exact) mass is 607 g/mol. The first kappa shape index (κ1) is 33.2. The van der Waals surface area contributed by atoms with Crippen molar-refractivity contribution in [1.82, 2.24) is 15.1 Å². The zero-order valence-electron chi connectivity index (χ0n) is 24.9. The third-order valence-corrected chi connectivity index (χ3v) is 6.56. The van der Waals surface area contributed by atoms with Crippen LogP contribution >= 0.6 is 0 Å². The lowest BCUT2D eigenvalue weighted by atomic mass is 9.96. The van der Waals surface area contributed by atoms with Crippen LogP contribution < -0.4 is 14.8 Å². The van der Waals surface area contributed by atoms with E-state index in [9.17, 15) is 38.7 Å². The predicted molar refractivity (Wildman–Crippen MR) is 155 cm³/mol. The lowest BCUT2D eigenvalue weighted by Crippen LogP contribution is -2.56. The molecule has 1 aliphatic heterocycles. The van der Waals surface area contributed by atoms with E-state index < -0.39 is 60.0 Å². The number of esters is 2. The Labute approximate surface area is 253 Å². The second kappa shape index (κ2) is 14.2. The molecule has 44 heavy (non-hydrogen) atoms. The minimum Gasteiger partial charge on any atom is -0.475 e. The summed E-state index contributed by atoms with van der Waals surface area (Å²) in [6.45, 7) is 6.38. The molecule has 0 radical (unpaired) electrons. The second-order valence-electron chi connectivity index (χ2n) is 10.4. The Morgan fingerprint density at radius 1 is 0.909 bits per heavy atom. The van der Waals surface area contributed by atoms with Gasteiger partial charge in [0.25, 0.3) is 11.7 Å². The van der Waals surface area contributed by atoms with Gasteiger partial charge in [-0.3, -0.25) is 33.7 Å². The van der Waals surface area contributed by atoms with Crippen molar-refractivity contribution in [2.75, 3.05) is 6.54 Å². The van der Waals surface area contributed by atoms with Crippen molar-refractivity contribution in [2.24, 2.45) is 5.92 Å². The summed E-state index contributed by atoms with van der Waals surface area (Å²) in [7, 11) is 0. The largest absolute Gasteiger partial charge is 0.475 e.